The van der Waals surface area contributed by atoms with Crippen molar-refractivity contribution in [3.8, 4) is 5.75 Å². The van der Waals surface area contributed by atoms with Crippen LogP contribution in [0.15, 0.2) is 48.7 Å². The first-order valence-electron chi connectivity index (χ1n) is 14.8. The molecule has 0 radical (unpaired) electrons. The first kappa shape index (κ1) is 29.5. The van der Waals surface area contributed by atoms with Gasteiger partial charge in [0.15, 0.2) is 5.60 Å². The van der Waals surface area contributed by atoms with E-state index in [0.29, 0.717) is 55.0 Å². The monoisotopic (exact) mass is 607 g/mol. The lowest BCUT2D eigenvalue weighted by Gasteiger charge is -2.32. The minimum atomic E-state index is -3.33. The van der Waals surface area contributed by atoms with E-state index in [9.17, 15) is 14.7 Å². The molecule has 43 heavy (non-hydrogen) atoms. The Bertz CT molecular complexity index is 1540. The molecule has 0 saturated carbocycles. The highest BCUT2D eigenvalue weighted by atomic mass is 28.4. The first-order valence-corrected chi connectivity index (χ1v) is 17.8. The second-order valence-electron chi connectivity index (χ2n) is 12.2. The van der Waals surface area contributed by atoms with Crippen LogP contribution in [0.5, 0.6) is 5.75 Å². The lowest BCUT2D eigenvalue weighted by molar-refractivity contribution is -0.146. The summed E-state index contributed by atoms with van der Waals surface area (Å²) in [5.74, 6) is 0.0332. The summed E-state index contributed by atoms with van der Waals surface area (Å²) in [6.07, 6.45) is 2.67. The van der Waals surface area contributed by atoms with Crippen molar-refractivity contribution < 1.29 is 28.3 Å². The molecular formula is C31H38FN5O5Si. The Labute approximate surface area is 251 Å². The summed E-state index contributed by atoms with van der Waals surface area (Å²) in [5.41, 5.74) is 1.97. The zero-order chi connectivity index (χ0) is 30.5. The number of fused-ring (bicyclic) bond motifs is 2. The molecule has 2 aromatic carbocycles. The number of aromatic nitrogens is 3. The summed E-state index contributed by atoms with van der Waals surface area (Å²) < 4.78 is 30.2. The highest BCUT2D eigenvalue weighted by Gasteiger charge is 2.66. The van der Waals surface area contributed by atoms with Gasteiger partial charge in [-0.15, -0.1) is 5.10 Å². The SMILES string of the molecule is COc1ccc2c(c1)[C@]1(O[C@@H](CCn3cc(CCO)nn3)[C@H]([Si](C)(C)F)[C@H]1C)C(=O)N2Cc1cccc(N2CCC2=O)c1. The summed E-state index contributed by atoms with van der Waals surface area (Å²) in [4.78, 5) is 30.2. The third kappa shape index (κ3) is 5.04. The van der Waals surface area contributed by atoms with Gasteiger partial charge >= 0.3 is 0 Å². The predicted octanol–water partition coefficient (Wildman–Crippen LogP) is 3.97. The van der Waals surface area contributed by atoms with Crippen molar-refractivity contribution in [1.82, 2.24) is 15.0 Å². The van der Waals surface area contributed by atoms with Gasteiger partial charge in [0, 0.05) is 61.4 Å². The fourth-order valence-electron chi connectivity index (χ4n) is 7.11. The molecule has 0 bridgehead atoms. The number of β-lactam (4-membered cyclic amide) rings is 1. The molecule has 1 spiro atoms. The molecule has 0 aliphatic carbocycles. The zero-order valence-electron chi connectivity index (χ0n) is 25.0. The van der Waals surface area contributed by atoms with Gasteiger partial charge < -0.3 is 28.5 Å². The first-order chi connectivity index (χ1) is 20.6. The molecule has 4 atom stereocenters. The van der Waals surface area contributed by atoms with E-state index in [0.717, 1.165) is 11.3 Å². The van der Waals surface area contributed by atoms with E-state index in [4.69, 9.17) is 9.47 Å². The quantitative estimate of drug-likeness (QED) is 0.211. The molecule has 1 N–H and O–H groups in total. The largest absolute Gasteiger partial charge is 0.497 e. The van der Waals surface area contributed by atoms with Crippen LogP contribution in [-0.2, 0) is 39.4 Å². The van der Waals surface area contributed by atoms with Gasteiger partial charge in [0.25, 0.3) is 5.91 Å². The second-order valence-corrected chi connectivity index (χ2v) is 16.0. The van der Waals surface area contributed by atoms with E-state index in [-0.39, 0.29) is 25.0 Å². The molecule has 6 rings (SSSR count). The van der Waals surface area contributed by atoms with Crippen molar-refractivity contribution in [2.24, 2.45) is 5.92 Å². The molecule has 4 heterocycles. The number of aliphatic hydroxyl groups excluding tert-OH is 1. The number of amides is 2. The van der Waals surface area contributed by atoms with Gasteiger partial charge in [0.2, 0.25) is 14.3 Å². The van der Waals surface area contributed by atoms with Crippen LogP contribution in [0.3, 0.4) is 0 Å². The van der Waals surface area contributed by atoms with Crippen LogP contribution in [-0.4, -0.2) is 66.7 Å². The maximum absolute atomic E-state index is 16.2. The van der Waals surface area contributed by atoms with Crippen LogP contribution >= 0.6 is 0 Å². The molecule has 3 aliphatic rings. The van der Waals surface area contributed by atoms with Crippen molar-refractivity contribution in [3.05, 3.63) is 65.5 Å². The number of ether oxygens (including phenoxy) is 2. The third-order valence-corrected chi connectivity index (χ3v) is 11.6. The van der Waals surface area contributed by atoms with Crippen LogP contribution in [0, 0.1) is 5.92 Å². The molecule has 228 valence electrons. The number of methoxy groups -OCH3 is 1. The van der Waals surface area contributed by atoms with Gasteiger partial charge in [0.05, 0.1) is 31.1 Å². The van der Waals surface area contributed by atoms with Crippen molar-refractivity contribution in [2.75, 3.05) is 30.1 Å². The van der Waals surface area contributed by atoms with Crippen LogP contribution in [0.1, 0.15) is 36.6 Å². The maximum atomic E-state index is 16.2. The molecule has 3 aromatic rings. The molecule has 2 amide bonds. The summed E-state index contributed by atoms with van der Waals surface area (Å²) in [5, 5.41) is 17.5. The van der Waals surface area contributed by atoms with Gasteiger partial charge in [0.1, 0.15) is 5.75 Å². The minimum absolute atomic E-state index is 0.0175. The topological polar surface area (TPSA) is 110 Å². The Kier molecular flexibility index (Phi) is 7.63. The zero-order valence-corrected chi connectivity index (χ0v) is 26.0. The molecular weight excluding hydrogens is 569 g/mol. The fourth-order valence-corrected chi connectivity index (χ4v) is 9.65. The highest BCUT2D eigenvalue weighted by molar-refractivity contribution is 6.72. The summed E-state index contributed by atoms with van der Waals surface area (Å²) in [7, 11) is -1.75. The molecule has 1 aromatic heterocycles. The van der Waals surface area contributed by atoms with Crippen LogP contribution in [0.4, 0.5) is 15.5 Å². The van der Waals surface area contributed by atoms with E-state index in [1.54, 1.807) is 40.9 Å². The van der Waals surface area contributed by atoms with E-state index < -0.39 is 31.6 Å². The average Bonchev–Trinajstić information content (AvgIpc) is 3.61. The number of carbonyl (C=O) groups is 2. The molecule has 0 unspecified atom stereocenters. The van der Waals surface area contributed by atoms with Gasteiger partial charge in [-0.3, -0.25) is 14.3 Å². The Hall–Kier alpha value is -3.61. The van der Waals surface area contributed by atoms with E-state index in [1.165, 1.54) is 0 Å². The van der Waals surface area contributed by atoms with E-state index in [2.05, 4.69) is 10.3 Å². The van der Waals surface area contributed by atoms with Crippen LogP contribution in [0.25, 0.3) is 0 Å². The number of hydrogen-bond acceptors (Lipinski definition) is 7. The number of halogens is 1. The number of rotatable bonds is 10. The Morgan fingerprint density at radius 1 is 1.21 bits per heavy atom. The minimum Gasteiger partial charge on any atom is -0.497 e. The average molecular weight is 608 g/mol. The van der Waals surface area contributed by atoms with Crippen molar-refractivity contribution >= 4 is 31.6 Å². The lowest BCUT2D eigenvalue weighted by atomic mass is 9.82. The number of benzene rings is 2. The number of nitrogens with zero attached hydrogens (tertiary/aromatic N) is 5. The normalized spacial score (nSPS) is 25.0. The smallest absolute Gasteiger partial charge is 0.264 e. The molecule has 3 aliphatic heterocycles. The number of anilines is 2. The Balaban J connectivity index is 1.34. The summed E-state index contributed by atoms with van der Waals surface area (Å²) >= 11 is 0. The standard InChI is InChI=1S/C31H38FN5O5Si/c1-20-29(43(3,4)32)27(10-13-35-19-22(12-15-38)33-34-35)42-31(20)25-17-24(41-2)8-9-26(25)37(30(31)40)18-21-6-5-7-23(16-21)36-14-11-28(36)39/h5-9,16-17,19-20,27,29,38H,10-15,18H2,1-4H3/t20-,27+,29-,31+/m1/s1. The second kappa shape index (κ2) is 11.1. The van der Waals surface area contributed by atoms with Gasteiger partial charge in [-0.05, 0) is 55.4 Å². The number of aryl methyl sites for hydroxylation is 1. The van der Waals surface area contributed by atoms with Crippen molar-refractivity contribution in [3.63, 3.8) is 0 Å². The third-order valence-electron chi connectivity index (χ3n) is 9.18. The van der Waals surface area contributed by atoms with Gasteiger partial charge in [-0.25, -0.2) is 0 Å². The number of carbonyl (C=O) groups excluding carboxylic acids is 2. The van der Waals surface area contributed by atoms with Crippen molar-refractivity contribution in [1.29, 1.82) is 0 Å². The van der Waals surface area contributed by atoms with Gasteiger partial charge in [-0.1, -0.05) is 24.3 Å². The molecule has 10 nitrogen and oxygen atoms in total. The Morgan fingerprint density at radius 3 is 2.70 bits per heavy atom. The van der Waals surface area contributed by atoms with Gasteiger partial charge in [-0.2, -0.15) is 0 Å². The molecule has 12 heteroatoms. The van der Waals surface area contributed by atoms with Crippen LogP contribution in [0.2, 0.25) is 18.6 Å². The number of aliphatic hydroxyl groups is 1. The predicted molar refractivity (Wildman–Crippen MR) is 161 cm³/mol. The lowest BCUT2D eigenvalue weighted by Crippen LogP contribution is -2.45. The van der Waals surface area contributed by atoms with E-state index in [1.807, 2.05) is 49.4 Å². The highest BCUT2D eigenvalue weighted by Crippen LogP contribution is 2.60. The van der Waals surface area contributed by atoms with Crippen molar-refractivity contribution in [2.45, 2.75) is 69.6 Å². The molecule has 2 saturated heterocycles. The maximum Gasteiger partial charge on any atom is 0.264 e. The molecule has 2 fully saturated rings. The summed E-state index contributed by atoms with van der Waals surface area (Å²) in [6.45, 7) is 6.70. The summed E-state index contributed by atoms with van der Waals surface area (Å²) in [6, 6.07) is 13.2. The fraction of sp³-hybridized carbons (Fsp3) is 0.484. The Morgan fingerprint density at radius 2 is 2.02 bits per heavy atom. The van der Waals surface area contributed by atoms with E-state index >= 15 is 4.11 Å². The number of hydrogen-bond donors (Lipinski definition) is 1. The van der Waals surface area contributed by atoms with Crippen LogP contribution < -0.4 is 14.5 Å².